The average molecular weight is 270 g/mol. The zero-order valence-electron chi connectivity index (χ0n) is 11.8. The van der Waals surface area contributed by atoms with Gasteiger partial charge < -0.3 is 15.7 Å². The Morgan fingerprint density at radius 2 is 1.95 bits per heavy atom. The van der Waals surface area contributed by atoms with Crippen LogP contribution in [0.3, 0.4) is 0 Å². The van der Waals surface area contributed by atoms with Gasteiger partial charge in [0.25, 0.3) is 0 Å². The molecule has 0 radical (unpaired) electrons. The number of hydrogen-bond donors (Lipinski definition) is 3. The van der Waals surface area contributed by atoms with Gasteiger partial charge in [-0.25, -0.2) is 0 Å². The Morgan fingerprint density at radius 3 is 2.58 bits per heavy atom. The number of carbonyl (C=O) groups is 2. The van der Waals surface area contributed by atoms with Crippen molar-refractivity contribution in [1.29, 1.82) is 0 Å². The van der Waals surface area contributed by atoms with Crippen LogP contribution in [0.1, 0.15) is 51.9 Å². The fourth-order valence-electron chi connectivity index (χ4n) is 2.39. The maximum Gasteiger partial charge on any atom is 0.223 e. The first-order valence-corrected chi connectivity index (χ1v) is 7.36. The number of hydrogen-bond acceptors (Lipinski definition) is 3. The van der Waals surface area contributed by atoms with Gasteiger partial charge in [0.1, 0.15) is 0 Å². The first kappa shape index (κ1) is 16.0. The lowest BCUT2D eigenvalue weighted by Gasteiger charge is -2.12. The van der Waals surface area contributed by atoms with E-state index >= 15 is 0 Å². The van der Waals surface area contributed by atoms with Gasteiger partial charge >= 0.3 is 0 Å². The summed E-state index contributed by atoms with van der Waals surface area (Å²) in [6.45, 7) is 2.66. The smallest absolute Gasteiger partial charge is 0.223 e. The second kappa shape index (κ2) is 8.91. The minimum Gasteiger partial charge on any atom is -0.391 e. The highest BCUT2D eigenvalue weighted by Gasteiger charge is 2.22. The number of aliphatic hydroxyl groups is 1. The Morgan fingerprint density at radius 1 is 1.26 bits per heavy atom. The molecule has 0 aromatic rings. The van der Waals surface area contributed by atoms with E-state index in [9.17, 15) is 14.7 Å². The van der Waals surface area contributed by atoms with Crippen molar-refractivity contribution in [3.8, 4) is 0 Å². The molecule has 0 aliphatic heterocycles. The van der Waals surface area contributed by atoms with Crippen LogP contribution in [0.5, 0.6) is 0 Å². The quantitative estimate of drug-likeness (QED) is 0.614. The van der Waals surface area contributed by atoms with Gasteiger partial charge in [-0.15, -0.1) is 0 Å². The Balaban J connectivity index is 2.04. The van der Waals surface area contributed by atoms with Crippen molar-refractivity contribution < 1.29 is 14.7 Å². The molecular formula is C14H26N2O3. The highest BCUT2D eigenvalue weighted by molar-refractivity contribution is 5.80. The topological polar surface area (TPSA) is 78.4 Å². The lowest BCUT2D eigenvalue weighted by molar-refractivity contribution is -0.125. The summed E-state index contributed by atoms with van der Waals surface area (Å²) >= 11 is 0. The van der Waals surface area contributed by atoms with E-state index in [4.69, 9.17) is 0 Å². The van der Waals surface area contributed by atoms with Gasteiger partial charge in [-0.3, -0.25) is 9.59 Å². The third-order valence-electron chi connectivity index (χ3n) is 3.53. The van der Waals surface area contributed by atoms with E-state index in [0.717, 1.165) is 32.1 Å². The molecule has 1 unspecified atom stereocenters. The maximum atomic E-state index is 11.7. The van der Waals surface area contributed by atoms with Gasteiger partial charge in [-0.2, -0.15) is 0 Å². The summed E-state index contributed by atoms with van der Waals surface area (Å²) in [5, 5.41) is 14.9. The van der Waals surface area contributed by atoms with E-state index in [2.05, 4.69) is 10.6 Å². The second-order valence-corrected chi connectivity index (χ2v) is 5.27. The van der Waals surface area contributed by atoms with Crippen molar-refractivity contribution >= 4 is 11.8 Å². The minimum absolute atomic E-state index is 0.0799. The molecule has 110 valence electrons. The van der Waals surface area contributed by atoms with Crippen LogP contribution in [0.2, 0.25) is 0 Å². The van der Waals surface area contributed by atoms with Crippen molar-refractivity contribution in [2.24, 2.45) is 5.92 Å². The maximum absolute atomic E-state index is 11.7. The van der Waals surface area contributed by atoms with Crippen molar-refractivity contribution in [2.45, 2.75) is 58.0 Å². The Hall–Kier alpha value is -1.10. The highest BCUT2D eigenvalue weighted by Crippen LogP contribution is 2.24. The third kappa shape index (κ3) is 6.57. The molecule has 1 saturated carbocycles. The van der Waals surface area contributed by atoms with Gasteiger partial charge in [-0.05, 0) is 19.3 Å². The largest absolute Gasteiger partial charge is 0.391 e. The van der Waals surface area contributed by atoms with Crippen molar-refractivity contribution in [3.63, 3.8) is 0 Å². The molecule has 2 amide bonds. The molecule has 1 fully saturated rings. The normalized spacial score (nSPS) is 17.2. The van der Waals surface area contributed by atoms with Crippen LogP contribution in [0.15, 0.2) is 0 Å². The summed E-state index contributed by atoms with van der Waals surface area (Å²) < 4.78 is 0. The predicted molar refractivity (Wildman–Crippen MR) is 73.5 cm³/mol. The van der Waals surface area contributed by atoms with Gasteiger partial charge in [0.15, 0.2) is 0 Å². The van der Waals surface area contributed by atoms with Crippen LogP contribution in [0.25, 0.3) is 0 Å². The summed E-state index contributed by atoms with van der Waals surface area (Å²) in [5.41, 5.74) is 0. The Labute approximate surface area is 115 Å². The fourth-order valence-corrected chi connectivity index (χ4v) is 2.39. The van der Waals surface area contributed by atoms with Gasteiger partial charge in [0, 0.05) is 25.4 Å². The van der Waals surface area contributed by atoms with E-state index in [-0.39, 0.29) is 24.2 Å². The molecule has 5 heteroatoms. The molecule has 1 aliphatic carbocycles. The van der Waals surface area contributed by atoms with Gasteiger partial charge in [0.05, 0.1) is 6.10 Å². The molecular weight excluding hydrogens is 244 g/mol. The summed E-state index contributed by atoms with van der Waals surface area (Å²) in [4.78, 5) is 23.2. The Bertz CT molecular complexity index is 288. The molecule has 1 atom stereocenters. The molecule has 0 spiro atoms. The second-order valence-electron chi connectivity index (χ2n) is 5.27. The molecule has 0 saturated heterocycles. The molecule has 3 N–H and O–H groups in total. The minimum atomic E-state index is -0.470. The summed E-state index contributed by atoms with van der Waals surface area (Å²) in [5.74, 6) is 0.104. The molecule has 19 heavy (non-hydrogen) atoms. The third-order valence-corrected chi connectivity index (χ3v) is 3.53. The van der Waals surface area contributed by atoms with Crippen molar-refractivity contribution in [3.05, 3.63) is 0 Å². The lowest BCUT2D eigenvalue weighted by atomic mass is 10.1. The van der Waals surface area contributed by atoms with Crippen LogP contribution >= 0.6 is 0 Å². The number of carbonyl (C=O) groups excluding carboxylic acids is 2. The number of rotatable bonds is 8. The van der Waals surface area contributed by atoms with E-state index in [1.54, 1.807) is 0 Å². The fraction of sp³-hybridized carbons (Fsp3) is 0.857. The molecule has 0 bridgehead atoms. The number of aliphatic hydroxyl groups excluding tert-OH is 1. The average Bonchev–Trinajstić information content (AvgIpc) is 2.90. The van der Waals surface area contributed by atoms with E-state index in [0.29, 0.717) is 19.5 Å². The summed E-state index contributed by atoms with van der Waals surface area (Å²) in [6, 6.07) is 0. The molecule has 0 heterocycles. The standard InChI is InChI=1S/C14H26N2O3/c1-2-5-12(17)10-16-13(18)8-9-15-14(19)11-6-3-4-7-11/h11-12,17H,2-10H2,1H3,(H,15,19)(H,16,18). The van der Waals surface area contributed by atoms with Crippen LogP contribution in [0.4, 0.5) is 0 Å². The van der Waals surface area contributed by atoms with E-state index in [1.807, 2.05) is 6.92 Å². The predicted octanol–water partition coefficient (Wildman–Crippen LogP) is 0.960. The van der Waals surface area contributed by atoms with Crippen LogP contribution in [-0.4, -0.2) is 36.1 Å². The summed E-state index contributed by atoms with van der Waals surface area (Å²) in [6.07, 6.45) is 5.61. The number of nitrogens with one attached hydrogen (secondary N) is 2. The molecule has 0 aromatic carbocycles. The lowest BCUT2D eigenvalue weighted by Crippen LogP contribution is -2.36. The molecule has 5 nitrogen and oxygen atoms in total. The SMILES string of the molecule is CCCC(O)CNC(=O)CCNC(=O)C1CCCC1. The first-order valence-electron chi connectivity index (χ1n) is 7.36. The molecule has 1 aliphatic rings. The van der Waals surface area contributed by atoms with Crippen molar-refractivity contribution in [1.82, 2.24) is 10.6 Å². The zero-order valence-corrected chi connectivity index (χ0v) is 11.8. The van der Waals surface area contributed by atoms with Crippen molar-refractivity contribution in [2.75, 3.05) is 13.1 Å². The van der Waals surface area contributed by atoms with Gasteiger partial charge in [-0.1, -0.05) is 26.2 Å². The Kier molecular flexibility index (Phi) is 7.48. The van der Waals surface area contributed by atoms with Crippen LogP contribution < -0.4 is 10.6 Å². The highest BCUT2D eigenvalue weighted by atomic mass is 16.3. The van der Waals surface area contributed by atoms with E-state index in [1.165, 1.54) is 0 Å². The van der Waals surface area contributed by atoms with Crippen LogP contribution in [0, 0.1) is 5.92 Å². The van der Waals surface area contributed by atoms with Crippen LogP contribution in [-0.2, 0) is 9.59 Å². The summed E-state index contributed by atoms with van der Waals surface area (Å²) in [7, 11) is 0. The first-order chi connectivity index (χ1) is 9.13. The molecule has 1 rings (SSSR count). The monoisotopic (exact) mass is 270 g/mol. The van der Waals surface area contributed by atoms with Gasteiger partial charge in [0.2, 0.25) is 11.8 Å². The number of amides is 2. The zero-order chi connectivity index (χ0) is 14.1. The molecule has 0 aromatic heterocycles. The van der Waals surface area contributed by atoms with E-state index < -0.39 is 6.10 Å².